The van der Waals surface area contributed by atoms with Crippen molar-refractivity contribution in [2.45, 2.75) is 46.6 Å². The van der Waals surface area contributed by atoms with Crippen LogP contribution >= 0.6 is 11.6 Å². The maximum Gasteiger partial charge on any atom is 0.259 e. The molecule has 1 unspecified atom stereocenters. The van der Waals surface area contributed by atoms with Crippen LogP contribution in [0.3, 0.4) is 0 Å². The molecule has 0 amide bonds. The van der Waals surface area contributed by atoms with E-state index in [9.17, 15) is 5.11 Å². The third-order valence-electron chi connectivity index (χ3n) is 5.31. The largest absolute Gasteiger partial charge is 0.489 e. The lowest BCUT2D eigenvalue weighted by Crippen LogP contribution is -2.33. The van der Waals surface area contributed by atoms with E-state index < -0.39 is 6.10 Å². The Labute approximate surface area is 205 Å². The molecule has 0 spiro atoms. The van der Waals surface area contributed by atoms with Gasteiger partial charge in [0.1, 0.15) is 18.5 Å². The molecule has 9 heteroatoms. The molecule has 0 aliphatic heterocycles. The Morgan fingerprint density at radius 2 is 2.00 bits per heavy atom. The molecule has 0 saturated heterocycles. The summed E-state index contributed by atoms with van der Waals surface area (Å²) in [6.07, 6.45) is 2.64. The molecular formula is C25H33ClN4O4. The minimum atomic E-state index is -0.726. The van der Waals surface area contributed by atoms with Gasteiger partial charge in [-0.25, -0.2) is 0 Å². The summed E-state index contributed by atoms with van der Waals surface area (Å²) in [6, 6.07) is 5.67. The Hall–Kier alpha value is -2.52. The molecule has 184 valence electrons. The van der Waals surface area contributed by atoms with Crippen LogP contribution in [0.15, 0.2) is 28.9 Å². The van der Waals surface area contributed by atoms with Crippen LogP contribution in [0, 0.1) is 12.8 Å². The van der Waals surface area contributed by atoms with Gasteiger partial charge in [-0.1, -0.05) is 37.5 Å². The molecule has 8 nitrogen and oxygen atoms in total. The molecule has 34 heavy (non-hydrogen) atoms. The van der Waals surface area contributed by atoms with Crippen LogP contribution in [0.5, 0.6) is 5.75 Å². The molecule has 2 aromatic heterocycles. The fraction of sp³-hybridized carbons (Fsp3) is 0.480. The number of pyridine rings is 1. The standard InChI is InChI=1S/C25H33ClN4O4/c1-5-17-10-18(11-21(26)23(17)33-14-20(32)13-27-6-7-31)24-29-25(34-30-24)19-9-16(4)22(28-12-19)8-15(2)3/h9-12,15,20,27,31-32H,5-8,13-14H2,1-4H3. The maximum absolute atomic E-state index is 10.1. The van der Waals surface area contributed by atoms with E-state index in [4.69, 9.17) is 26.0 Å². The van der Waals surface area contributed by atoms with Crippen LogP contribution in [-0.4, -0.2) is 57.7 Å². The van der Waals surface area contributed by atoms with E-state index in [0.29, 0.717) is 47.9 Å². The van der Waals surface area contributed by atoms with Gasteiger partial charge in [0, 0.05) is 30.5 Å². The molecule has 3 aromatic rings. The molecule has 0 saturated carbocycles. The fourth-order valence-electron chi connectivity index (χ4n) is 3.57. The summed E-state index contributed by atoms with van der Waals surface area (Å²) in [5.41, 5.74) is 4.53. The zero-order valence-electron chi connectivity index (χ0n) is 20.1. The van der Waals surface area contributed by atoms with Gasteiger partial charge in [0.05, 0.1) is 17.2 Å². The van der Waals surface area contributed by atoms with Crippen LogP contribution in [0.4, 0.5) is 0 Å². The molecular weight excluding hydrogens is 456 g/mol. The molecule has 0 aliphatic carbocycles. The molecule has 0 aliphatic rings. The molecule has 1 aromatic carbocycles. The summed E-state index contributed by atoms with van der Waals surface area (Å²) in [5, 5.41) is 26.4. The van der Waals surface area contributed by atoms with Crippen molar-refractivity contribution in [2.24, 2.45) is 5.92 Å². The quantitative estimate of drug-likeness (QED) is 0.329. The van der Waals surface area contributed by atoms with Gasteiger partial charge < -0.3 is 24.8 Å². The highest BCUT2D eigenvalue weighted by molar-refractivity contribution is 6.32. The predicted molar refractivity (Wildman–Crippen MR) is 132 cm³/mol. The number of halogens is 1. The molecule has 1 atom stereocenters. The Morgan fingerprint density at radius 3 is 2.68 bits per heavy atom. The number of hydrogen-bond acceptors (Lipinski definition) is 8. The second-order valence-electron chi connectivity index (χ2n) is 8.70. The van der Waals surface area contributed by atoms with Crippen LogP contribution in [0.2, 0.25) is 5.02 Å². The summed E-state index contributed by atoms with van der Waals surface area (Å²) in [7, 11) is 0. The normalized spacial score (nSPS) is 12.4. The van der Waals surface area contributed by atoms with E-state index in [-0.39, 0.29) is 13.2 Å². The van der Waals surface area contributed by atoms with Crippen molar-refractivity contribution in [1.82, 2.24) is 20.4 Å². The number of aryl methyl sites for hydroxylation is 2. The number of benzene rings is 1. The second kappa shape index (κ2) is 12.3. The van der Waals surface area contributed by atoms with Gasteiger partial charge >= 0.3 is 0 Å². The number of rotatable bonds is 12. The van der Waals surface area contributed by atoms with E-state index >= 15 is 0 Å². The second-order valence-corrected chi connectivity index (χ2v) is 9.11. The maximum atomic E-state index is 10.1. The molecule has 2 heterocycles. The van der Waals surface area contributed by atoms with Crippen molar-refractivity contribution in [1.29, 1.82) is 0 Å². The van der Waals surface area contributed by atoms with E-state index in [2.05, 4.69) is 34.3 Å². The van der Waals surface area contributed by atoms with Gasteiger partial charge in [-0.3, -0.25) is 4.98 Å². The fourth-order valence-corrected chi connectivity index (χ4v) is 3.86. The van der Waals surface area contributed by atoms with Crippen molar-refractivity contribution < 1.29 is 19.5 Å². The third kappa shape index (κ3) is 6.76. The monoisotopic (exact) mass is 488 g/mol. The first-order chi connectivity index (χ1) is 16.3. The molecule has 0 radical (unpaired) electrons. The molecule has 0 bridgehead atoms. The molecule has 0 fully saturated rings. The van der Waals surface area contributed by atoms with E-state index in [1.165, 1.54) is 0 Å². The first-order valence-electron chi connectivity index (χ1n) is 11.6. The lowest BCUT2D eigenvalue weighted by Gasteiger charge is -2.16. The highest BCUT2D eigenvalue weighted by atomic mass is 35.5. The smallest absolute Gasteiger partial charge is 0.259 e. The number of aliphatic hydroxyl groups excluding tert-OH is 2. The summed E-state index contributed by atoms with van der Waals surface area (Å²) in [4.78, 5) is 9.14. The average molecular weight is 489 g/mol. The summed E-state index contributed by atoms with van der Waals surface area (Å²) in [6.45, 7) is 9.20. The number of hydrogen-bond donors (Lipinski definition) is 3. The topological polar surface area (TPSA) is 114 Å². The van der Waals surface area contributed by atoms with E-state index in [1.807, 2.05) is 26.0 Å². The Bertz CT molecular complexity index is 1090. The Balaban J connectivity index is 1.77. The lowest BCUT2D eigenvalue weighted by atomic mass is 10.0. The number of ether oxygens (including phenoxy) is 1. The van der Waals surface area contributed by atoms with E-state index in [1.54, 1.807) is 12.3 Å². The van der Waals surface area contributed by atoms with Crippen molar-refractivity contribution in [2.75, 3.05) is 26.3 Å². The third-order valence-corrected chi connectivity index (χ3v) is 5.59. The highest BCUT2D eigenvalue weighted by Gasteiger charge is 2.17. The zero-order chi connectivity index (χ0) is 24.7. The SMILES string of the molecule is CCc1cc(-c2noc(-c3cnc(CC(C)C)c(C)c3)n2)cc(Cl)c1OCC(O)CNCCO. The van der Waals surface area contributed by atoms with Crippen molar-refractivity contribution >= 4 is 11.6 Å². The van der Waals surface area contributed by atoms with Crippen LogP contribution in [-0.2, 0) is 12.8 Å². The lowest BCUT2D eigenvalue weighted by molar-refractivity contribution is 0.104. The van der Waals surface area contributed by atoms with Crippen LogP contribution in [0.1, 0.15) is 37.6 Å². The van der Waals surface area contributed by atoms with Gasteiger partial charge in [-0.05, 0) is 55.0 Å². The first-order valence-corrected chi connectivity index (χ1v) is 11.9. The minimum absolute atomic E-state index is 0.0121. The minimum Gasteiger partial charge on any atom is -0.489 e. The first kappa shape index (κ1) is 26.1. The number of aromatic nitrogens is 3. The van der Waals surface area contributed by atoms with Crippen LogP contribution in [0.25, 0.3) is 22.8 Å². The Kier molecular flexibility index (Phi) is 9.41. The summed E-state index contributed by atoms with van der Waals surface area (Å²) < 4.78 is 11.3. The molecule has 3 rings (SSSR count). The zero-order valence-corrected chi connectivity index (χ0v) is 20.9. The van der Waals surface area contributed by atoms with Gasteiger partial charge in [-0.2, -0.15) is 4.98 Å². The summed E-state index contributed by atoms with van der Waals surface area (Å²) in [5.74, 6) is 1.88. The van der Waals surface area contributed by atoms with Gasteiger partial charge in [0.2, 0.25) is 5.82 Å². The number of nitrogens with one attached hydrogen (secondary N) is 1. The highest BCUT2D eigenvalue weighted by Crippen LogP contribution is 2.35. The summed E-state index contributed by atoms with van der Waals surface area (Å²) >= 11 is 6.53. The molecule has 3 N–H and O–H groups in total. The van der Waals surface area contributed by atoms with E-state index in [0.717, 1.165) is 34.4 Å². The predicted octanol–water partition coefficient (Wildman–Crippen LogP) is 3.84. The van der Waals surface area contributed by atoms with Gasteiger partial charge in [-0.15, -0.1) is 0 Å². The van der Waals surface area contributed by atoms with Crippen LogP contribution < -0.4 is 10.1 Å². The van der Waals surface area contributed by atoms with Crippen molar-refractivity contribution in [3.05, 3.63) is 46.2 Å². The average Bonchev–Trinajstić information content (AvgIpc) is 3.29. The van der Waals surface area contributed by atoms with Crippen molar-refractivity contribution in [3.8, 4) is 28.6 Å². The van der Waals surface area contributed by atoms with Gasteiger partial charge in [0.15, 0.2) is 0 Å². The Morgan fingerprint density at radius 1 is 1.21 bits per heavy atom. The number of nitrogens with zero attached hydrogens (tertiary/aromatic N) is 3. The van der Waals surface area contributed by atoms with Gasteiger partial charge in [0.25, 0.3) is 5.89 Å². The van der Waals surface area contributed by atoms with Crippen molar-refractivity contribution in [3.63, 3.8) is 0 Å². The number of aliphatic hydroxyl groups is 2.